The lowest BCUT2D eigenvalue weighted by atomic mass is 9.93. The van der Waals surface area contributed by atoms with Crippen LogP contribution in [-0.4, -0.2) is 62.4 Å². The van der Waals surface area contributed by atoms with Crippen LogP contribution in [-0.2, 0) is 6.54 Å². The molecule has 3 N–H and O–H groups in total. The Bertz CT molecular complexity index is 1150. The van der Waals surface area contributed by atoms with Gasteiger partial charge in [0.05, 0.1) is 6.10 Å². The minimum atomic E-state index is -0.171. The van der Waals surface area contributed by atoms with Crippen molar-refractivity contribution in [3.05, 3.63) is 42.2 Å². The minimum absolute atomic E-state index is 0.171. The summed E-state index contributed by atoms with van der Waals surface area (Å²) in [4.78, 5) is 12.3. The monoisotopic (exact) mass is 504 g/mol. The topological polar surface area (TPSA) is 78.2 Å². The number of aromatic nitrogens is 3. The van der Waals surface area contributed by atoms with Crippen molar-refractivity contribution in [2.45, 2.75) is 96.5 Å². The standard InChI is InChI=1S/C30H44N6O/c1-4-6-21(3)33-30-32-18-27-28(20-36(29(27)34-30)25-11-13-26(37)14-12-25)23-9-7-22(8-10-23)19-35-16-15-31-17-24(35)5-2/h7-10,18,20-21,24-26,31,37H,4-6,11-17,19H2,1-3H3,(H,32,33,34). The van der Waals surface area contributed by atoms with Crippen LogP contribution >= 0.6 is 0 Å². The van der Waals surface area contributed by atoms with E-state index >= 15 is 0 Å². The van der Waals surface area contributed by atoms with Crippen molar-refractivity contribution >= 4 is 17.0 Å². The van der Waals surface area contributed by atoms with Crippen LogP contribution in [0.2, 0.25) is 0 Å². The number of anilines is 1. The maximum Gasteiger partial charge on any atom is 0.224 e. The Morgan fingerprint density at radius 3 is 2.65 bits per heavy atom. The highest BCUT2D eigenvalue weighted by molar-refractivity contribution is 5.94. The second kappa shape index (κ2) is 11.9. The summed E-state index contributed by atoms with van der Waals surface area (Å²) in [6.07, 6.45) is 11.2. The van der Waals surface area contributed by atoms with E-state index in [0.717, 1.165) is 75.7 Å². The number of aliphatic hydroxyl groups excluding tert-OH is 1. The lowest BCUT2D eigenvalue weighted by Crippen LogP contribution is -2.50. The molecule has 1 aromatic carbocycles. The number of benzene rings is 1. The van der Waals surface area contributed by atoms with E-state index in [0.29, 0.717) is 24.1 Å². The maximum absolute atomic E-state index is 10.1. The molecule has 0 bridgehead atoms. The third kappa shape index (κ3) is 6.00. The van der Waals surface area contributed by atoms with Gasteiger partial charge in [0.1, 0.15) is 5.65 Å². The number of nitrogens with zero attached hydrogens (tertiary/aromatic N) is 4. The second-order valence-electron chi connectivity index (χ2n) is 11.1. The van der Waals surface area contributed by atoms with Crippen LogP contribution in [0.3, 0.4) is 0 Å². The molecule has 0 spiro atoms. The normalized spacial score (nSPS) is 23.8. The Labute approximate surface area is 221 Å². The van der Waals surface area contributed by atoms with Crippen LogP contribution in [0.4, 0.5) is 5.95 Å². The minimum Gasteiger partial charge on any atom is -0.393 e. The highest BCUT2D eigenvalue weighted by Crippen LogP contribution is 2.37. The first-order valence-electron chi connectivity index (χ1n) is 14.4. The van der Waals surface area contributed by atoms with Crippen LogP contribution < -0.4 is 10.6 Å². The molecular weight excluding hydrogens is 460 g/mol. The van der Waals surface area contributed by atoms with E-state index in [-0.39, 0.29) is 6.10 Å². The Morgan fingerprint density at radius 2 is 1.92 bits per heavy atom. The van der Waals surface area contributed by atoms with Crippen LogP contribution in [0.15, 0.2) is 36.7 Å². The molecule has 37 heavy (non-hydrogen) atoms. The van der Waals surface area contributed by atoms with Gasteiger partial charge in [-0.05, 0) is 56.6 Å². The summed E-state index contributed by atoms with van der Waals surface area (Å²) < 4.78 is 2.36. The number of fused-ring (bicyclic) bond motifs is 1. The molecule has 7 heteroatoms. The predicted molar refractivity (Wildman–Crippen MR) is 152 cm³/mol. The summed E-state index contributed by atoms with van der Waals surface area (Å²) in [6, 6.07) is 10.4. The highest BCUT2D eigenvalue weighted by Gasteiger charge is 2.25. The molecule has 2 aromatic heterocycles. The molecule has 1 aliphatic carbocycles. The summed E-state index contributed by atoms with van der Waals surface area (Å²) in [5, 5.41) is 18.2. The zero-order valence-corrected chi connectivity index (χ0v) is 22.8. The van der Waals surface area contributed by atoms with Crippen molar-refractivity contribution in [1.29, 1.82) is 0 Å². The van der Waals surface area contributed by atoms with Gasteiger partial charge < -0.3 is 20.3 Å². The van der Waals surface area contributed by atoms with Crippen molar-refractivity contribution < 1.29 is 5.11 Å². The third-order valence-electron chi connectivity index (χ3n) is 8.32. The van der Waals surface area contributed by atoms with Crippen LogP contribution in [0.5, 0.6) is 0 Å². The molecule has 7 nitrogen and oxygen atoms in total. The van der Waals surface area contributed by atoms with Crippen molar-refractivity contribution in [3.8, 4) is 11.1 Å². The van der Waals surface area contributed by atoms with Gasteiger partial charge in [0, 0.05) is 67.6 Å². The molecule has 3 heterocycles. The number of hydrogen-bond acceptors (Lipinski definition) is 6. The molecule has 1 aliphatic heterocycles. The summed E-state index contributed by atoms with van der Waals surface area (Å²) in [6.45, 7) is 10.9. The van der Waals surface area contributed by atoms with Crippen LogP contribution in [0.1, 0.15) is 77.3 Å². The molecule has 2 fully saturated rings. The summed E-state index contributed by atoms with van der Waals surface area (Å²) in [5.74, 6) is 0.701. The van der Waals surface area contributed by atoms with E-state index < -0.39 is 0 Å². The van der Waals surface area contributed by atoms with Crippen molar-refractivity contribution in [1.82, 2.24) is 24.8 Å². The lowest BCUT2D eigenvalue weighted by Gasteiger charge is -2.35. The molecule has 2 aliphatic rings. The summed E-state index contributed by atoms with van der Waals surface area (Å²) >= 11 is 0. The first-order valence-corrected chi connectivity index (χ1v) is 14.4. The molecule has 5 rings (SSSR count). The van der Waals surface area contributed by atoms with E-state index in [1.165, 1.54) is 23.1 Å². The number of hydrogen-bond donors (Lipinski definition) is 3. The first-order chi connectivity index (χ1) is 18.1. The number of rotatable bonds is 9. The van der Waals surface area contributed by atoms with E-state index in [1.54, 1.807) is 0 Å². The molecule has 2 atom stereocenters. The molecule has 0 amide bonds. The van der Waals surface area contributed by atoms with Gasteiger partial charge in [-0.1, -0.05) is 44.5 Å². The van der Waals surface area contributed by atoms with Gasteiger partial charge in [-0.15, -0.1) is 0 Å². The van der Waals surface area contributed by atoms with Gasteiger partial charge in [0.25, 0.3) is 0 Å². The molecule has 1 saturated carbocycles. The van der Waals surface area contributed by atoms with E-state index in [4.69, 9.17) is 9.97 Å². The Kier molecular flexibility index (Phi) is 8.43. The zero-order chi connectivity index (χ0) is 25.8. The van der Waals surface area contributed by atoms with E-state index in [2.05, 4.69) is 71.3 Å². The van der Waals surface area contributed by atoms with Gasteiger partial charge in [-0.3, -0.25) is 4.90 Å². The van der Waals surface area contributed by atoms with Gasteiger partial charge in [-0.25, -0.2) is 4.98 Å². The van der Waals surface area contributed by atoms with Gasteiger partial charge >= 0.3 is 0 Å². The highest BCUT2D eigenvalue weighted by atomic mass is 16.3. The van der Waals surface area contributed by atoms with Gasteiger partial charge in [-0.2, -0.15) is 4.98 Å². The average molecular weight is 505 g/mol. The second-order valence-corrected chi connectivity index (χ2v) is 11.1. The van der Waals surface area contributed by atoms with Crippen LogP contribution in [0, 0.1) is 0 Å². The van der Waals surface area contributed by atoms with Crippen LogP contribution in [0.25, 0.3) is 22.2 Å². The van der Waals surface area contributed by atoms with Gasteiger partial charge in [0.2, 0.25) is 5.95 Å². The zero-order valence-electron chi connectivity index (χ0n) is 22.8. The Balaban J connectivity index is 1.44. The molecular formula is C30H44N6O. The quantitative estimate of drug-likeness (QED) is 0.364. The molecule has 3 aromatic rings. The summed E-state index contributed by atoms with van der Waals surface area (Å²) in [7, 11) is 0. The fraction of sp³-hybridized carbons (Fsp3) is 0.600. The van der Waals surface area contributed by atoms with Crippen molar-refractivity contribution in [2.75, 3.05) is 25.0 Å². The number of aliphatic hydroxyl groups is 1. The Morgan fingerprint density at radius 1 is 1.14 bits per heavy atom. The predicted octanol–water partition coefficient (Wildman–Crippen LogP) is 5.36. The fourth-order valence-electron chi connectivity index (χ4n) is 6.11. The molecule has 2 unspecified atom stereocenters. The molecule has 0 radical (unpaired) electrons. The third-order valence-corrected chi connectivity index (χ3v) is 8.32. The Hall–Kier alpha value is -2.48. The van der Waals surface area contributed by atoms with Crippen molar-refractivity contribution in [3.63, 3.8) is 0 Å². The smallest absolute Gasteiger partial charge is 0.224 e. The number of nitrogens with one attached hydrogen (secondary N) is 2. The lowest BCUT2D eigenvalue weighted by molar-refractivity contribution is 0.111. The molecule has 200 valence electrons. The largest absolute Gasteiger partial charge is 0.393 e. The molecule has 1 saturated heterocycles. The van der Waals surface area contributed by atoms with Gasteiger partial charge in [0.15, 0.2) is 0 Å². The van der Waals surface area contributed by atoms with E-state index in [1.807, 2.05) is 6.20 Å². The fourth-order valence-corrected chi connectivity index (χ4v) is 6.11. The average Bonchev–Trinajstić information content (AvgIpc) is 3.29. The first kappa shape index (κ1) is 26.1. The maximum atomic E-state index is 10.1. The number of piperazine rings is 1. The SMILES string of the molecule is CCCC(C)Nc1ncc2c(-c3ccc(CN4CCNCC4CC)cc3)cn(C3CCC(O)CC3)c2n1. The summed E-state index contributed by atoms with van der Waals surface area (Å²) in [5.41, 5.74) is 4.75. The van der Waals surface area contributed by atoms with E-state index in [9.17, 15) is 5.11 Å². The van der Waals surface area contributed by atoms with Crippen molar-refractivity contribution in [2.24, 2.45) is 0 Å².